The lowest BCUT2D eigenvalue weighted by molar-refractivity contribution is 0.713. The summed E-state index contributed by atoms with van der Waals surface area (Å²) in [6.07, 6.45) is 3.43. The molecule has 1 rings (SSSR count). The lowest BCUT2D eigenvalue weighted by Gasteiger charge is -2.13. The molecule has 0 fully saturated rings. The Hall–Kier alpha value is 0.280. The van der Waals surface area contributed by atoms with Crippen LogP contribution in [0.5, 0.6) is 0 Å². The predicted octanol–water partition coefficient (Wildman–Crippen LogP) is 5.62. The second kappa shape index (κ2) is 5.99. The monoisotopic (exact) mass is 294 g/mol. The third-order valence-electron chi connectivity index (χ3n) is 2.12. The van der Waals surface area contributed by atoms with E-state index in [1.165, 1.54) is 12.8 Å². The molecule has 1 unspecified atom stereocenters. The van der Waals surface area contributed by atoms with Gasteiger partial charge in [0.1, 0.15) is 0 Å². The molecule has 0 spiro atoms. The van der Waals surface area contributed by atoms with Crippen LogP contribution in [-0.4, -0.2) is 0 Å². The molecule has 0 aliphatic heterocycles. The maximum atomic E-state index is 6.09. The van der Waals surface area contributed by atoms with Crippen LogP contribution < -0.4 is 0 Å². The van der Waals surface area contributed by atoms with Crippen LogP contribution in [0.3, 0.4) is 0 Å². The number of unbranched alkanes of at least 4 members (excludes halogenated alkanes) is 1. The van der Waals surface area contributed by atoms with Crippen molar-refractivity contribution in [2.24, 2.45) is 0 Å². The summed E-state index contributed by atoms with van der Waals surface area (Å²) in [6, 6.07) is 5.62. The van der Waals surface area contributed by atoms with E-state index >= 15 is 0 Å². The van der Waals surface area contributed by atoms with Crippen LogP contribution in [0.4, 0.5) is 0 Å². The molecule has 0 bridgehead atoms. The summed E-state index contributed by atoms with van der Waals surface area (Å²) < 4.78 is 0. The van der Waals surface area contributed by atoms with Crippen LogP contribution in [0.15, 0.2) is 18.2 Å². The molecular weight excluding hydrogens is 283 g/mol. The molecule has 0 nitrogen and oxygen atoms in total. The number of alkyl halides is 1. The highest BCUT2D eigenvalue weighted by Gasteiger charge is 2.14. The van der Waals surface area contributed by atoms with Gasteiger partial charge in [-0.2, -0.15) is 0 Å². The van der Waals surface area contributed by atoms with Gasteiger partial charge in [0.05, 0.1) is 0 Å². The molecule has 0 amide bonds. The Balaban J connectivity index is 2.82. The first-order valence-electron chi connectivity index (χ1n) is 4.74. The maximum absolute atomic E-state index is 6.09. The van der Waals surface area contributed by atoms with E-state index in [1.807, 2.05) is 18.2 Å². The highest BCUT2D eigenvalue weighted by atomic mass is 79.9. The first kappa shape index (κ1) is 12.4. The van der Waals surface area contributed by atoms with E-state index in [0.717, 1.165) is 22.0 Å². The topological polar surface area (TPSA) is 0 Å². The molecular formula is C11H13BrCl2. The van der Waals surface area contributed by atoms with Crippen LogP contribution in [0.2, 0.25) is 10.0 Å². The van der Waals surface area contributed by atoms with E-state index in [-0.39, 0.29) is 4.83 Å². The fraction of sp³-hybridized carbons (Fsp3) is 0.455. The van der Waals surface area contributed by atoms with Crippen LogP contribution in [0.1, 0.15) is 36.6 Å². The van der Waals surface area contributed by atoms with Crippen LogP contribution in [0, 0.1) is 0 Å². The van der Waals surface area contributed by atoms with E-state index in [9.17, 15) is 0 Å². The first-order valence-corrected chi connectivity index (χ1v) is 6.42. The van der Waals surface area contributed by atoms with Gasteiger partial charge >= 0.3 is 0 Å². The van der Waals surface area contributed by atoms with E-state index in [2.05, 4.69) is 22.9 Å². The number of hydrogen-bond acceptors (Lipinski definition) is 0. The zero-order valence-electron chi connectivity index (χ0n) is 8.06. The van der Waals surface area contributed by atoms with Crippen molar-refractivity contribution in [1.29, 1.82) is 0 Å². The average molecular weight is 296 g/mol. The molecule has 0 saturated heterocycles. The Morgan fingerprint density at radius 2 is 1.86 bits per heavy atom. The van der Waals surface area contributed by atoms with Crippen molar-refractivity contribution in [3.05, 3.63) is 33.8 Å². The van der Waals surface area contributed by atoms with Gasteiger partial charge in [0, 0.05) is 20.4 Å². The minimum Gasteiger partial charge on any atom is -0.0839 e. The van der Waals surface area contributed by atoms with Crippen molar-refractivity contribution in [2.75, 3.05) is 0 Å². The van der Waals surface area contributed by atoms with Gasteiger partial charge in [-0.3, -0.25) is 0 Å². The van der Waals surface area contributed by atoms with E-state index in [1.54, 1.807) is 0 Å². The van der Waals surface area contributed by atoms with E-state index in [4.69, 9.17) is 23.2 Å². The molecule has 14 heavy (non-hydrogen) atoms. The summed E-state index contributed by atoms with van der Waals surface area (Å²) in [5.41, 5.74) is 1.02. The smallest absolute Gasteiger partial charge is 0.0464 e. The van der Waals surface area contributed by atoms with Crippen molar-refractivity contribution in [2.45, 2.75) is 31.0 Å². The molecule has 0 aromatic heterocycles. The standard InChI is InChI=1S/C11H13BrCl2/c1-2-3-5-8(12)11-9(13)6-4-7-10(11)14/h4,6-8H,2-3,5H2,1H3. The molecule has 1 atom stereocenters. The summed E-state index contributed by atoms with van der Waals surface area (Å²) >= 11 is 15.8. The summed E-state index contributed by atoms with van der Waals surface area (Å²) in [7, 11) is 0. The molecule has 0 aliphatic carbocycles. The van der Waals surface area contributed by atoms with Crippen LogP contribution in [-0.2, 0) is 0 Å². The van der Waals surface area contributed by atoms with Gasteiger partial charge in [0.25, 0.3) is 0 Å². The van der Waals surface area contributed by atoms with Crippen molar-refractivity contribution < 1.29 is 0 Å². The van der Waals surface area contributed by atoms with Crippen molar-refractivity contribution >= 4 is 39.1 Å². The summed E-state index contributed by atoms with van der Waals surface area (Å²) in [5.74, 6) is 0. The Morgan fingerprint density at radius 3 is 2.36 bits per heavy atom. The highest BCUT2D eigenvalue weighted by molar-refractivity contribution is 9.09. The second-order valence-corrected chi connectivity index (χ2v) is 5.16. The van der Waals surface area contributed by atoms with E-state index < -0.39 is 0 Å². The second-order valence-electron chi connectivity index (χ2n) is 3.25. The minimum atomic E-state index is 0.267. The third-order valence-corrected chi connectivity index (χ3v) is 3.70. The molecule has 78 valence electrons. The van der Waals surface area contributed by atoms with Gasteiger partial charge in [-0.1, -0.05) is 65.0 Å². The Kier molecular flexibility index (Phi) is 5.29. The van der Waals surface area contributed by atoms with Gasteiger partial charge in [-0.25, -0.2) is 0 Å². The number of halogens is 3. The molecule has 1 aromatic carbocycles. The third kappa shape index (κ3) is 3.15. The lowest BCUT2D eigenvalue weighted by Crippen LogP contribution is -1.92. The van der Waals surface area contributed by atoms with Crippen molar-refractivity contribution in [3.63, 3.8) is 0 Å². The van der Waals surface area contributed by atoms with Crippen LogP contribution >= 0.6 is 39.1 Å². The maximum Gasteiger partial charge on any atom is 0.0464 e. The Labute approximate surface area is 104 Å². The van der Waals surface area contributed by atoms with E-state index in [0.29, 0.717) is 0 Å². The van der Waals surface area contributed by atoms with Gasteiger partial charge < -0.3 is 0 Å². The molecule has 3 heteroatoms. The molecule has 0 aliphatic rings. The van der Waals surface area contributed by atoms with Gasteiger partial charge in [0.2, 0.25) is 0 Å². The van der Waals surface area contributed by atoms with Crippen LogP contribution in [0.25, 0.3) is 0 Å². The first-order chi connectivity index (χ1) is 6.66. The van der Waals surface area contributed by atoms with Crippen molar-refractivity contribution in [1.82, 2.24) is 0 Å². The quantitative estimate of drug-likeness (QED) is 0.632. The van der Waals surface area contributed by atoms with Gasteiger partial charge in [0.15, 0.2) is 0 Å². The molecule has 0 radical (unpaired) electrons. The fourth-order valence-corrected chi connectivity index (χ4v) is 3.08. The summed E-state index contributed by atoms with van der Waals surface area (Å²) in [6.45, 7) is 2.17. The van der Waals surface area contributed by atoms with Gasteiger partial charge in [-0.05, 0) is 18.6 Å². The molecule has 1 aromatic rings. The highest BCUT2D eigenvalue weighted by Crippen LogP contribution is 2.37. The Bertz CT molecular complexity index is 279. The summed E-state index contributed by atoms with van der Waals surface area (Å²) in [4.78, 5) is 0.267. The Morgan fingerprint density at radius 1 is 1.29 bits per heavy atom. The number of rotatable bonds is 4. The number of hydrogen-bond donors (Lipinski definition) is 0. The van der Waals surface area contributed by atoms with Gasteiger partial charge in [-0.15, -0.1) is 0 Å². The largest absolute Gasteiger partial charge is 0.0839 e. The predicted molar refractivity (Wildman–Crippen MR) is 67.7 cm³/mol. The SMILES string of the molecule is CCCCC(Br)c1c(Cl)cccc1Cl. The van der Waals surface area contributed by atoms with Crippen molar-refractivity contribution in [3.8, 4) is 0 Å². The molecule has 0 heterocycles. The molecule has 0 saturated carbocycles. The average Bonchev–Trinajstić information content (AvgIpc) is 2.14. The summed E-state index contributed by atoms with van der Waals surface area (Å²) in [5, 5.41) is 1.49. The number of benzene rings is 1. The minimum absolute atomic E-state index is 0.267. The fourth-order valence-electron chi connectivity index (χ4n) is 1.34. The zero-order valence-corrected chi connectivity index (χ0v) is 11.2. The molecule has 0 N–H and O–H groups in total. The normalized spacial score (nSPS) is 12.9. The zero-order chi connectivity index (χ0) is 10.6. The lowest BCUT2D eigenvalue weighted by atomic mass is 10.1.